The first-order valence-electron chi connectivity index (χ1n) is 7.30. The average Bonchev–Trinajstić information content (AvgIpc) is 2.46. The Morgan fingerprint density at radius 2 is 2.00 bits per heavy atom. The van der Waals surface area contributed by atoms with Crippen LogP contribution in [0.25, 0.3) is 0 Å². The van der Waals surface area contributed by atoms with Crippen LogP contribution in [0, 0.1) is 5.41 Å². The minimum absolute atomic E-state index is 0.234. The number of carbonyl (C=O) groups excluding carboxylic acids is 1. The highest BCUT2D eigenvalue weighted by Crippen LogP contribution is 2.31. The number of halogens is 1. The lowest BCUT2D eigenvalue weighted by Gasteiger charge is -2.37. The van der Waals surface area contributed by atoms with Crippen molar-refractivity contribution in [2.24, 2.45) is 5.41 Å². The van der Waals surface area contributed by atoms with Crippen molar-refractivity contribution in [1.29, 1.82) is 0 Å². The Kier molecular flexibility index (Phi) is 5.06. The van der Waals surface area contributed by atoms with Crippen LogP contribution in [-0.4, -0.2) is 30.4 Å². The van der Waals surface area contributed by atoms with Gasteiger partial charge in [-0.05, 0) is 44.5 Å². The van der Waals surface area contributed by atoms with Gasteiger partial charge < -0.3 is 10.2 Å². The van der Waals surface area contributed by atoms with Gasteiger partial charge in [-0.1, -0.05) is 36.7 Å². The van der Waals surface area contributed by atoms with Gasteiger partial charge in [-0.2, -0.15) is 0 Å². The first-order chi connectivity index (χ1) is 9.57. The Morgan fingerprint density at radius 3 is 2.60 bits per heavy atom. The molecule has 1 saturated heterocycles. The molecule has 1 aliphatic heterocycles. The van der Waals surface area contributed by atoms with Crippen molar-refractivity contribution < 1.29 is 4.79 Å². The second-order valence-corrected chi connectivity index (χ2v) is 6.13. The normalized spacial score (nSPS) is 17.8. The van der Waals surface area contributed by atoms with E-state index in [0.717, 1.165) is 36.5 Å². The molecular formula is C16H23ClN2O. The highest BCUT2D eigenvalue weighted by Gasteiger charge is 2.37. The Balaban J connectivity index is 2.11. The summed E-state index contributed by atoms with van der Waals surface area (Å²) >= 11 is 6.20. The predicted octanol–water partition coefficient (Wildman–Crippen LogP) is 3.08. The molecule has 0 radical (unpaired) electrons. The SMILES string of the molecule is CCN(Cc1ccccc1Cl)C(=O)C1(C)CCNCC1. The number of hydrogen-bond acceptors (Lipinski definition) is 2. The van der Waals surface area contributed by atoms with Gasteiger partial charge in [0.2, 0.25) is 5.91 Å². The van der Waals surface area contributed by atoms with Gasteiger partial charge in [0.25, 0.3) is 0 Å². The smallest absolute Gasteiger partial charge is 0.228 e. The van der Waals surface area contributed by atoms with Crippen LogP contribution in [0.1, 0.15) is 32.3 Å². The number of hydrogen-bond donors (Lipinski definition) is 1. The minimum Gasteiger partial charge on any atom is -0.338 e. The fraction of sp³-hybridized carbons (Fsp3) is 0.562. The minimum atomic E-state index is -0.234. The fourth-order valence-corrected chi connectivity index (χ4v) is 2.93. The van der Waals surface area contributed by atoms with Gasteiger partial charge in [-0.3, -0.25) is 4.79 Å². The maximum absolute atomic E-state index is 12.8. The second-order valence-electron chi connectivity index (χ2n) is 5.72. The molecule has 0 bridgehead atoms. The molecule has 4 heteroatoms. The van der Waals surface area contributed by atoms with Crippen LogP contribution >= 0.6 is 11.6 Å². The largest absolute Gasteiger partial charge is 0.338 e. The number of nitrogens with zero attached hydrogens (tertiary/aromatic N) is 1. The second kappa shape index (κ2) is 6.59. The topological polar surface area (TPSA) is 32.3 Å². The zero-order valence-electron chi connectivity index (χ0n) is 12.3. The van der Waals surface area contributed by atoms with Gasteiger partial charge >= 0.3 is 0 Å². The van der Waals surface area contributed by atoms with Crippen LogP contribution in [0.2, 0.25) is 5.02 Å². The highest BCUT2D eigenvalue weighted by atomic mass is 35.5. The van der Waals surface area contributed by atoms with Crippen molar-refractivity contribution in [2.45, 2.75) is 33.2 Å². The maximum atomic E-state index is 12.8. The first kappa shape index (κ1) is 15.3. The van der Waals surface area contributed by atoms with Crippen LogP contribution in [0.5, 0.6) is 0 Å². The van der Waals surface area contributed by atoms with Gasteiger partial charge in [-0.25, -0.2) is 0 Å². The Labute approximate surface area is 126 Å². The summed E-state index contributed by atoms with van der Waals surface area (Å²) in [4.78, 5) is 14.7. The quantitative estimate of drug-likeness (QED) is 0.925. The van der Waals surface area contributed by atoms with Gasteiger partial charge in [0, 0.05) is 23.5 Å². The Hall–Kier alpha value is -1.06. The van der Waals surface area contributed by atoms with Crippen LogP contribution in [-0.2, 0) is 11.3 Å². The van der Waals surface area contributed by atoms with E-state index in [-0.39, 0.29) is 11.3 Å². The van der Waals surface area contributed by atoms with Gasteiger partial charge in [0.1, 0.15) is 0 Å². The molecule has 3 nitrogen and oxygen atoms in total. The molecule has 20 heavy (non-hydrogen) atoms. The molecule has 0 atom stereocenters. The standard InChI is InChI=1S/C16H23ClN2O/c1-3-19(12-13-6-4-5-7-14(13)17)15(20)16(2)8-10-18-11-9-16/h4-7,18H,3,8-12H2,1-2H3. The molecule has 1 aliphatic rings. The zero-order chi connectivity index (χ0) is 14.6. The Bertz CT molecular complexity index is 469. The molecule has 0 aliphatic carbocycles. The third kappa shape index (κ3) is 3.33. The lowest BCUT2D eigenvalue weighted by Crippen LogP contribution is -2.47. The van der Waals surface area contributed by atoms with E-state index in [9.17, 15) is 4.79 Å². The summed E-state index contributed by atoms with van der Waals surface area (Å²) in [6.07, 6.45) is 1.82. The molecule has 110 valence electrons. The fourth-order valence-electron chi connectivity index (χ4n) is 2.73. The van der Waals surface area contributed by atoms with E-state index >= 15 is 0 Å². The molecule has 0 aromatic heterocycles. The van der Waals surface area contributed by atoms with E-state index in [0.29, 0.717) is 13.1 Å². The summed E-state index contributed by atoms with van der Waals surface area (Å²) in [6.45, 7) is 7.27. The molecule has 0 saturated carbocycles. The molecule has 0 spiro atoms. The van der Waals surface area contributed by atoms with Crippen molar-refractivity contribution in [3.8, 4) is 0 Å². The van der Waals surface area contributed by atoms with E-state index in [4.69, 9.17) is 11.6 Å². The first-order valence-corrected chi connectivity index (χ1v) is 7.68. The molecular weight excluding hydrogens is 272 g/mol. The van der Waals surface area contributed by atoms with Gasteiger partial charge in [-0.15, -0.1) is 0 Å². The lowest BCUT2D eigenvalue weighted by molar-refractivity contribution is -0.143. The molecule has 1 aromatic carbocycles. The molecule has 1 heterocycles. The molecule has 0 unspecified atom stereocenters. The number of piperidine rings is 1. The van der Waals surface area contributed by atoms with Gasteiger partial charge in [0.05, 0.1) is 0 Å². The van der Waals surface area contributed by atoms with Crippen molar-refractivity contribution in [2.75, 3.05) is 19.6 Å². The van der Waals surface area contributed by atoms with E-state index in [2.05, 4.69) is 12.2 Å². The highest BCUT2D eigenvalue weighted by molar-refractivity contribution is 6.31. The van der Waals surface area contributed by atoms with Crippen LogP contribution in [0.3, 0.4) is 0 Å². The Morgan fingerprint density at radius 1 is 1.35 bits per heavy atom. The van der Waals surface area contributed by atoms with Crippen molar-refractivity contribution in [1.82, 2.24) is 10.2 Å². The molecule has 1 aromatic rings. The molecule has 1 N–H and O–H groups in total. The molecule has 2 rings (SSSR count). The zero-order valence-corrected chi connectivity index (χ0v) is 13.0. The summed E-state index contributed by atoms with van der Waals surface area (Å²) < 4.78 is 0. The van der Waals surface area contributed by atoms with E-state index in [1.807, 2.05) is 36.1 Å². The van der Waals surface area contributed by atoms with Crippen LogP contribution in [0.4, 0.5) is 0 Å². The summed E-state index contributed by atoms with van der Waals surface area (Å²) in [5, 5.41) is 4.05. The van der Waals surface area contributed by atoms with Crippen molar-refractivity contribution in [3.05, 3.63) is 34.9 Å². The summed E-state index contributed by atoms with van der Waals surface area (Å²) in [5.74, 6) is 0.251. The van der Waals surface area contributed by atoms with Crippen LogP contribution in [0.15, 0.2) is 24.3 Å². The number of nitrogens with one attached hydrogen (secondary N) is 1. The predicted molar refractivity (Wildman–Crippen MR) is 82.8 cm³/mol. The number of carbonyl (C=O) groups is 1. The summed E-state index contributed by atoms with van der Waals surface area (Å²) in [7, 11) is 0. The monoisotopic (exact) mass is 294 g/mol. The lowest BCUT2D eigenvalue weighted by atomic mass is 9.79. The molecule has 1 fully saturated rings. The third-order valence-electron chi connectivity index (χ3n) is 4.21. The molecule has 1 amide bonds. The van der Waals surface area contributed by atoms with E-state index < -0.39 is 0 Å². The summed E-state index contributed by atoms with van der Waals surface area (Å²) in [5.41, 5.74) is 0.782. The van der Waals surface area contributed by atoms with Crippen molar-refractivity contribution in [3.63, 3.8) is 0 Å². The number of amides is 1. The van der Waals surface area contributed by atoms with Gasteiger partial charge in [0.15, 0.2) is 0 Å². The van der Waals surface area contributed by atoms with E-state index in [1.165, 1.54) is 0 Å². The third-order valence-corrected chi connectivity index (χ3v) is 4.58. The van der Waals surface area contributed by atoms with E-state index in [1.54, 1.807) is 0 Å². The number of rotatable bonds is 4. The van der Waals surface area contributed by atoms with Crippen LogP contribution < -0.4 is 5.32 Å². The van der Waals surface area contributed by atoms with Crippen molar-refractivity contribution >= 4 is 17.5 Å². The maximum Gasteiger partial charge on any atom is 0.228 e. The summed E-state index contributed by atoms with van der Waals surface area (Å²) in [6, 6.07) is 7.74. The number of benzene rings is 1. The average molecular weight is 295 g/mol.